The minimum Gasteiger partial charge on any atom is -0.339 e. The Labute approximate surface area is 138 Å². The Balaban J connectivity index is 1.98. The van der Waals surface area contributed by atoms with E-state index >= 15 is 0 Å². The first-order valence-corrected chi connectivity index (χ1v) is 8.52. The van der Waals surface area contributed by atoms with E-state index in [1.165, 1.54) is 12.0 Å². The van der Waals surface area contributed by atoms with Crippen LogP contribution in [-0.4, -0.2) is 33.7 Å². The van der Waals surface area contributed by atoms with Crippen molar-refractivity contribution in [2.75, 3.05) is 13.1 Å². The van der Waals surface area contributed by atoms with Crippen molar-refractivity contribution in [3.05, 3.63) is 47.3 Å². The highest BCUT2D eigenvalue weighted by Crippen LogP contribution is 2.25. The summed E-state index contributed by atoms with van der Waals surface area (Å²) >= 11 is 0. The van der Waals surface area contributed by atoms with E-state index in [2.05, 4.69) is 50.1 Å². The van der Waals surface area contributed by atoms with Crippen LogP contribution in [0.5, 0.6) is 0 Å². The van der Waals surface area contributed by atoms with Gasteiger partial charge in [-0.15, -0.1) is 0 Å². The van der Waals surface area contributed by atoms with E-state index in [1.54, 1.807) is 6.20 Å². The van der Waals surface area contributed by atoms with Crippen LogP contribution in [0.4, 0.5) is 0 Å². The number of rotatable bonds is 3. The third-order valence-electron chi connectivity index (χ3n) is 4.51. The zero-order valence-electron chi connectivity index (χ0n) is 14.2. The summed E-state index contributed by atoms with van der Waals surface area (Å²) in [4.78, 5) is 14.9. The van der Waals surface area contributed by atoms with Gasteiger partial charge in [0, 0.05) is 13.1 Å². The Morgan fingerprint density at radius 2 is 1.74 bits per heavy atom. The van der Waals surface area contributed by atoms with E-state index in [9.17, 15) is 4.79 Å². The lowest BCUT2D eigenvalue weighted by Gasteiger charge is -2.27. The van der Waals surface area contributed by atoms with Gasteiger partial charge in [0.15, 0.2) is 0 Å². The summed E-state index contributed by atoms with van der Waals surface area (Å²) < 4.78 is 1.92. The number of amides is 1. The molecule has 0 saturated carbocycles. The van der Waals surface area contributed by atoms with Crippen molar-refractivity contribution >= 4 is 5.91 Å². The zero-order chi connectivity index (χ0) is 16.4. The fourth-order valence-corrected chi connectivity index (χ4v) is 3.24. The van der Waals surface area contributed by atoms with Gasteiger partial charge in [-0.3, -0.25) is 4.79 Å². The number of hydrogen-bond donors (Lipinski definition) is 0. The second-order valence-electron chi connectivity index (χ2n) is 6.70. The Morgan fingerprint density at radius 3 is 2.35 bits per heavy atom. The van der Waals surface area contributed by atoms with Crippen LogP contribution >= 0.6 is 0 Å². The third kappa shape index (κ3) is 3.16. The lowest BCUT2D eigenvalue weighted by atomic mass is 10.0. The van der Waals surface area contributed by atoms with Crippen LogP contribution in [-0.2, 0) is 0 Å². The molecule has 0 aliphatic carbocycles. The van der Waals surface area contributed by atoms with Gasteiger partial charge in [-0.25, -0.2) is 4.68 Å². The molecule has 1 aromatic carbocycles. The number of benzene rings is 1. The highest BCUT2D eigenvalue weighted by molar-refractivity contribution is 5.95. The van der Waals surface area contributed by atoms with Crippen molar-refractivity contribution < 1.29 is 4.79 Å². The van der Waals surface area contributed by atoms with Gasteiger partial charge < -0.3 is 4.90 Å². The minimum absolute atomic E-state index is 0.131. The van der Waals surface area contributed by atoms with Crippen molar-refractivity contribution in [1.82, 2.24) is 14.7 Å². The van der Waals surface area contributed by atoms with E-state index in [4.69, 9.17) is 0 Å². The predicted molar refractivity (Wildman–Crippen MR) is 92.1 cm³/mol. The maximum Gasteiger partial charge on any atom is 0.257 e. The lowest BCUT2D eigenvalue weighted by Crippen LogP contribution is -2.36. The summed E-state index contributed by atoms with van der Waals surface area (Å²) in [6.45, 7) is 8.04. The first kappa shape index (κ1) is 15.8. The topological polar surface area (TPSA) is 38.1 Å². The molecule has 0 N–H and O–H groups in total. The van der Waals surface area contributed by atoms with Gasteiger partial charge in [0.1, 0.15) is 0 Å². The smallest absolute Gasteiger partial charge is 0.257 e. The van der Waals surface area contributed by atoms with E-state index in [-0.39, 0.29) is 11.8 Å². The highest BCUT2D eigenvalue weighted by Gasteiger charge is 2.25. The van der Waals surface area contributed by atoms with Crippen LogP contribution in [0.25, 0.3) is 5.69 Å². The third-order valence-corrected chi connectivity index (χ3v) is 4.51. The SMILES string of the molecule is Cc1ccc(-n2ncc(C(=O)N3CCCCC3)c2C(C)C)cc1. The van der Waals surface area contributed by atoms with E-state index < -0.39 is 0 Å². The summed E-state index contributed by atoms with van der Waals surface area (Å²) in [5, 5.41) is 4.52. The number of carbonyl (C=O) groups is 1. The van der Waals surface area contributed by atoms with E-state index in [1.807, 2.05) is 9.58 Å². The molecule has 2 aromatic rings. The number of aromatic nitrogens is 2. The molecular formula is C19H25N3O. The number of aryl methyl sites for hydroxylation is 1. The van der Waals surface area contributed by atoms with Crippen LogP contribution in [0, 0.1) is 6.92 Å². The molecule has 1 aliphatic rings. The second-order valence-corrected chi connectivity index (χ2v) is 6.70. The van der Waals surface area contributed by atoms with Crippen LogP contribution in [0.3, 0.4) is 0 Å². The Kier molecular flexibility index (Phi) is 4.51. The lowest BCUT2D eigenvalue weighted by molar-refractivity contribution is 0.0722. The van der Waals surface area contributed by atoms with Gasteiger partial charge in [-0.1, -0.05) is 31.5 Å². The molecule has 1 saturated heterocycles. The summed E-state index contributed by atoms with van der Waals surface area (Å²) in [7, 11) is 0. The molecular weight excluding hydrogens is 286 g/mol. The number of nitrogens with zero attached hydrogens (tertiary/aromatic N) is 3. The van der Waals surface area contributed by atoms with Crippen LogP contribution < -0.4 is 0 Å². The van der Waals surface area contributed by atoms with Gasteiger partial charge in [0.2, 0.25) is 0 Å². The molecule has 0 spiro atoms. The van der Waals surface area contributed by atoms with Crippen molar-refractivity contribution in [3.63, 3.8) is 0 Å². The minimum atomic E-state index is 0.131. The maximum absolute atomic E-state index is 12.9. The van der Waals surface area contributed by atoms with Crippen LogP contribution in [0.2, 0.25) is 0 Å². The largest absolute Gasteiger partial charge is 0.339 e. The number of hydrogen-bond acceptors (Lipinski definition) is 2. The summed E-state index contributed by atoms with van der Waals surface area (Å²) in [5.74, 6) is 0.370. The standard InChI is InChI=1S/C19H25N3O/c1-14(2)18-17(19(23)21-11-5-4-6-12-21)13-20-22(18)16-9-7-15(3)8-10-16/h7-10,13-14H,4-6,11-12H2,1-3H3. The maximum atomic E-state index is 12.9. The highest BCUT2D eigenvalue weighted by atomic mass is 16.2. The Bertz CT molecular complexity index is 679. The molecule has 2 heterocycles. The molecule has 23 heavy (non-hydrogen) atoms. The summed E-state index contributed by atoms with van der Waals surface area (Å²) in [5.41, 5.74) is 3.99. The summed E-state index contributed by atoms with van der Waals surface area (Å²) in [6, 6.07) is 8.27. The second kappa shape index (κ2) is 6.57. The molecule has 122 valence electrons. The van der Waals surface area contributed by atoms with Gasteiger partial charge >= 0.3 is 0 Å². The quantitative estimate of drug-likeness (QED) is 0.861. The monoisotopic (exact) mass is 311 g/mol. The molecule has 4 nitrogen and oxygen atoms in total. The molecule has 4 heteroatoms. The average Bonchev–Trinajstić information content (AvgIpc) is 3.01. The van der Waals surface area contributed by atoms with Crippen LogP contribution in [0.15, 0.2) is 30.5 Å². The fourth-order valence-electron chi connectivity index (χ4n) is 3.24. The number of carbonyl (C=O) groups excluding carboxylic acids is 1. The fraction of sp³-hybridized carbons (Fsp3) is 0.474. The van der Waals surface area contributed by atoms with Crippen molar-refractivity contribution in [1.29, 1.82) is 0 Å². The van der Waals surface area contributed by atoms with Crippen molar-refractivity contribution in [3.8, 4) is 5.69 Å². The Hall–Kier alpha value is -2.10. The number of likely N-dealkylation sites (tertiary alicyclic amines) is 1. The first-order valence-electron chi connectivity index (χ1n) is 8.52. The zero-order valence-corrected chi connectivity index (χ0v) is 14.2. The van der Waals surface area contributed by atoms with Gasteiger partial charge in [0.05, 0.1) is 23.1 Å². The van der Waals surface area contributed by atoms with Gasteiger partial charge in [-0.2, -0.15) is 5.10 Å². The van der Waals surface area contributed by atoms with Crippen molar-refractivity contribution in [2.45, 2.75) is 46.0 Å². The molecule has 0 unspecified atom stereocenters. The molecule has 1 fully saturated rings. The summed E-state index contributed by atoms with van der Waals surface area (Å²) in [6.07, 6.45) is 5.18. The molecule has 1 aromatic heterocycles. The van der Waals surface area contributed by atoms with Gasteiger partial charge in [0.25, 0.3) is 5.91 Å². The average molecular weight is 311 g/mol. The Morgan fingerprint density at radius 1 is 1.09 bits per heavy atom. The van der Waals surface area contributed by atoms with E-state index in [0.717, 1.165) is 42.9 Å². The molecule has 3 rings (SSSR count). The first-order chi connectivity index (χ1) is 11.1. The molecule has 1 aliphatic heterocycles. The number of piperidine rings is 1. The predicted octanol–water partition coefficient (Wildman–Crippen LogP) is 3.93. The molecule has 0 bridgehead atoms. The molecule has 0 atom stereocenters. The van der Waals surface area contributed by atoms with Gasteiger partial charge in [-0.05, 0) is 44.2 Å². The van der Waals surface area contributed by atoms with E-state index in [0.29, 0.717) is 0 Å². The van der Waals surface area contributed by atoms with Crippen LogP contribution in [0.1, 0.15) is 60.6 Å². The normalized spacial score (nSPS) is 15.2. The molecule has 1 amide bonds. The van der Waals surface area contributed by atoms with Crippen molar-refractivity contribution in [2.24, 2.45) is 0 Å². The molecule has 0 radical (unpaired) electrons.